The van der Waals surface area contributed by atoms with Crippen LogP contribution in [-0.4, -0.2) is 40.2 Å². The summed E-state index contributed by atoms with van der Waals surface area (Å²) >= 11 is 0. The van der Waals surface area contributed by atoms with Gasteiger partial charge in [-0.2, -0.15) is 13.8 Å². The molecular formula is C10H10F4N2O4. The van der Waals surface area contributed by atoms with E-state index in [1.54, 1.807) is 0 Å². The maximum Gasteiger partial charge on any atom is 0.330 e. The van der Waals surface area contributed by atoms with Crippen molar-refractivity contribution in [3.05, 3.63) is 11.7 Å². The van der Waals surface area contributed by atoms with Gasteiger partial charge in [-0.15, -0.1) is 0 Å². The molecule has 0 saturated heterocycles. The lowest BCUT2D eigenvalue weighted by Gasteiger charge is -2.14. The predicted molar refractivity (Wildman–Crippen MR) is 53.4 cm³/mol. The quantitative estimate of drug-likeness (QED) is 0.771. The van der Waals surface area contributed by atoms with E-state index in [4.69, 9.17) is 9.63 Å². The molecule has 0 spiro atoms. The first-order valence-electron chi connectivity index (χ1n) is 5.60. The van der Waals surface area contributed by atoms with Crippen molar-refractivity contribution in [2.24, 2.45) is 5.92 Å². The Morgan fingerprint density at radius 2 is 2.25 bits per heavy atom. The van der Waals surface area contributed by atoms with Gasteiger partial charge in [0.05, 0.1) is 11.8 Å². The molecule has 0 radical (unpaired) electrons. The monoisotopic (exact) mass is 298 g/mol. The molecule has 1 aromatic rings. The Morgan fingerprint density at radius 1 is 1.55 bits per heavy atom. The second-order valence-electron chi connectivity index (χ2n) is 4.39. The number of carbonyl (C=O) groups is 1. The highest BCUT2D eigenvalue weighted by molar-refractivity contribution is 5.74. The van der Waals surface area contributed by atoms with Crippen LogP contribution in [0.4, 0.5) is 17.6 Å². The third kappa shape index (κ3) is 3.24. The van der Waals surface area contributed by atoms with Gasteiger partial charge in [0, 0.05) is 0 Å². The summed E-state index contributed by atoms with van der Waals surface area (Å²) in [6, 6.07) is 0. The second kappa shape index (κ2) is 5.35. The lowest BCUT2D eigenvalue weighted by molar-refractivity contribution is -0.168. The minimum Gasteiger partial charge on any atom is -0.481 e. The molecule has 1 aromatic heterocycles. The van der Waals surface area contributed by atoms with Gasteiger partial charge >= 0.3 is 18.3 Å². The second-order valence-corrected chi connectivity index (χ2v) is 4.39. The Kier molecular flexibility index (Phi) is 3.93. The molecular weight excluding hydrogens is 288 g/mol. The number of carboxylic acid groups (broad SMARTS) is 1. The molecule has 1 saturated carbocycles. The molecule has 1 N–H and O–H groups in total. The van der Waals surface area contributed by atoms with Gasteiger partial charge in [0.25, 0.3) is 0 Å². The number of nitrogens with zero attached hydrogens (tertiary/aromatic N) is 2. The summed E-state index contributed by atoms with van der Waals surface area (Å²) in [4.78, 5) is 14.4. The van der Waals surface area contributed by atoms with Crippen LogP contribution in [0.5, 0.6) is 0 Å². The lowest BCUT2D eigenvalue weighted by Crippen LogP contribution is -2.32. The fraction of sp³-hybridized carbons (Fsp3) is 0.700. The summed E-state index contributed by atoms with van der Waals surface area (Å²) in [5.74, 6) is -6.22. The van der Waals surface area contributed by atoms with Crippen molar-refractivity contribution >= 4 is 5.97 Å². The number of ether oxygens (including phenoxy) is 1. The lowest BCUT2D eigenvalue weighted by atomic mass is 10.3. The summed E-state index contributed by atoms with van der Waals surface area (Å²) in [5.41, 5.74) is 0. The van der Waals surface area contributed by atoms with Gasteiger partial charge in [-0.05, 0) is 6.42 Å². The molecule has 20 heavy (non-hydrogen) atoms. The first kappa shape index (κ1) is 14.7. The molecule has 112 valence electrons. The zero-order valence-corrected chi connectivity index (χ0v) is 9.93. The van der Waals surface area contributed by atoms with E-state index in [0.29, 0.717) is 6.42 Å². The number of halogens is 4. The fourth-order valence-corrected chi connectivity index (χ4v) is 1.56. The molecule has 1 aliphatic carbocycles. The maximum atomic E-state index is 12.5. The SMILES string of the molecule is O=C(O)C1CC1c1nc(COCC(F)(F)C(F)F)no1. The third-order valence-corrected chi connectivity index (χ3v) is 2.75. The van der Waals surface area contributed by atoms with Gasteiger partial charge in [0.15, 0.2) is 5.82 Å². The summed E-state index contributed by atoms with van der Waals surface area (Å²) in [6.45, 7) is -1.98. The van der Waals surface area contributed by atoms with Crippen molar-refractivity contribution < 1.29 is 36.7 Å². The first-order chi connectivity index (χ1) is 9.31. The van der Waals surface area contributed by atoms with Crippen LogP contribution in [0, 0.1) is 5.92 Å². The third-order valence-electron chi connectivity index (χ3n) is 2.75. The molecule has 0 aliphatic heterocycles. The summed E-state index contributed by atoms with van der Waals surface area (Å²) in [7, 11) is 0. The van der Waals surface area contributed by atoms with E-state index in [2.05, 4.69) is 14.9 Å². The highest BCUT2D eigenvalue weighted by atomic mass is 19.3. The van der Waals surface area contributed by atoms with E-state index in [1.807, 2.05) is 0 Å². The number of aromatic nitrogens is 2. The minimum absolute atomic E-state index is 0.0802. The molecule has 2 atom stereocenters. The van der Waals surface area contributed by atoms with E-state index in [0.717, 1.165) is 0 Å². The standard InChI is InChI=1S/C10H10F4N2O4/c11-9(12)10(13,14)3-19-2-6-15-7(20-16-6)4-1-5(4)8(17)18/h4-5,9H,1-3H2,(H,17,18). The number of aliphatic carboxylic acids is 1. The van der Waals surface area contributed by atoms with Crippen LogP contribution in [0.25, 0.3) is 0 Å². The van der Waals surface area contributed by atoms with E-state index in [1.165, 1.54) is 0 Å². The van der Waals surface area contributed by atoms with Crippen molar-refractivity contribution in [2.75, 3.05) is 6.61 Å². The molecule has 1 heterocycles. The van der Waals surface area contributed by atoms with E-state index in [-0.39, 0.29) is 11.7 Å². The Morgan fingerprint density at radius 3 is 2.80 bits per heavy atom. The van der Waals surface area contributed by atoms with Gasteiger partial charge in [0.1, 0.15) is 13.2 Å². The Labute approximate surface area is 109 Å². The minimum atomic E-state index is -4.24. The molecule has 0 bridgehead atoms. The summed E-state index contributed by atoms with van der Waals surface area (Å²) < 4.78 is 57.9. The van der Waals surface area contributed by atoms with Gasteiger partial charge in [-0.1, -0.05) is 5.16 Å². The highest BCUT2D eigenvalue weighted by Gasteiger charge is 2.48. The van der Waals surface area contributed by atoms with Crippen molar-refractivity contribution in [3.8, 4) is 0 Å². The van der Waals surface area contributed by atoms with Crippen LogP contribution in [-0.2, 0) is 16.1 Å². The van der Waals surface area contributed by atoms with Crippen LogP contribution < -0.4 is 0 Å². The van der Waals surface area contributed by atoms with E-state index in [9.17, 15) is 22.4 Å². The van der Waals surface area contributed by atoms with E-state index >= 15 is 0 Å². The van der Waals surface area contributed by atoms with Crippen LogP contribution in [0.1, 0.15) is 24.1 Å². The molecule has 10 heteroatoms. The zero-order chi connectivity index (χ0) is 14.9. The van der Waals surface area contributed by atoms with Crippen molar-refractivity contribution in [3.63, 3.8) is 0 Å². The topological polar surface area (TPSA) is 85.5 Å². The number of carboxylic acids is 1. The highest BCUT2D eigenvalue weighted by Crippen LogP contribution is 2.46. The number of rotatable bonds is 7. The Hall–Kier alpha value is -1.71. The van der Waals surface area contributed by atoms with Crippen LogP contribution >= 0.6 is 0 Å². The van der Waals surface area contributed by atoms with Crippen molar-refractivity contribution in [1.82, 2.24) is 10.1 Å². The molecule has 2 unspecified atom stereocenters. The van der Waals surface area contributed by atoms with Gasteiger partial charge < -0.3 is 14.4 Å². The average molecular weight is 298 g/mol. The average Bonchev–Trinajstić information content (AvgIpc) is 3.03. The molecule has 1 aliphatic rings. The molecule has 0 aromatic carbocycles. The van der Waals surface area contributed by atoms with E-state index < -0.39 is 43.4 Å². The molecule has 0 amide bonds. The van der Waals surface area contributed by atoms with Crippen LogP contribution in [0.2, 0.25) is 0 Å². The number of hydrogen-bond acceptors (Lipinski definition) is 5. The van der Waals surface area contributed by atoms with Gasteiger partial charge in [-0.3, -0.25) is 4.79 Å². The fourth-order valence-electron chi connectivity index (χ4n) is 1.56. The molecule has 6 nitrogen and oxygen atoms in total. The summed E-state index contributed by atoms with van der Waals surface area (Å²) in [5, 5.41) is 12.1. The molecule has 2 rings (SSSR count). The maximum absolute atomic E-state index is 12.5. The number of hydrogen-bond donors (Lipinski definition) is 1. The molecule has 1 fully saturated rings. The van der Waals surface area contributed by atoms with Crippen molar-refractivity contribution in [2.45, 2.75) is 31.3 Å². The Bertz CT molecular complexity index is 493. The Balaban J connectivity index is 1.81. The van der Waals surface area contributed by atoms with Gasteiger partial charge in [-0.25, -0.2) is 8.78 Å². The number of alkyl halides is 4. The van der Waals surface area contributed by atoms with Crippen molar-refractivity contribution in [1.29, 1.82) is 0 Å². The van der Waals surface area contributed by atoms with Crippen LogP contribution in [0.3, 0.4) is 0 Å². The summed E-state index contributed by atoms with van der Waals surface area (Å²) in [6.07, 6.45) is -3.45. The van der Waals surface area contributed by atoms with Crippen LogP contribution in [0.15, 0.2) is 4.52 Å². The van der Waals surface area contributed by atoms with Gasteiger partial charge in [0.2, 0.25) is 5.89 Å². The predicted octanol–water partition coefficient (Wildman–Crippen LogP) is 1.67. The normalized spacial score (nSPS) is 22.2. The smallest absolute Gasteiger partial charge is 0.330 e. The first-order valence-corrected chi connectivity index (χ1v) is 5.60. The largest absolute Gasteiger partial charge is 0.481 e. The zero-order valence-electron chi connectivity index (χ0n) is 9.93.